The lowest BCUT2D eigenvalue weighted by atomic mass is 10.2. The third-order valence-corrected chi connectivity index (χ3v) is 2.53. The van der Waals surface area contributed by atoms with Crippen LogP contribution in [0.25, 0.3) is 11.3 Å². The van der Waals surface area contributed by atoms with Crippen LogP contribution in [0.1, 0.15) is 12.3 Å². The van der Waals surface area contributed by atoms with Crippen LogP contribution in [-0.4, -0.2) is 11.5 Å². The second-order valence-corrected chi connectivity index (χ2v) is 3.95. The van der Waals surface area contributed by atoms with Crippen LogP contribution in [-0.2, 0) is 6.42 Å². The molecule has 1 heterocycles. The van der Waals surface area contributed by atoms with Crippen molar-refractivity contribution in [1.29, 1.82) is 0 Å². The fraction of sp³-hybridized carbons (Fsp3) is 0.250. The molecule has 0 unspecified atom stereocenters. The van der Waals surface area contributed by atoms with Crippen molar-refractivity contribution in [2.75, 3.05) is 6.54 Å². The first kappa shape index (κ1) is 11.2. The SMILES string of the molecule is NCCCc1ncc(-c2ccc(Cl)cc2)o1. The van der Waals surface area contributed by atoms with Gasteiger partial charge in [-0.3, -0.25) is 0 Å². The Morgan fingerprint density at radius 2 is 2.00 bits per heavy atom. The van der Waals surface area contributed by atoms with E-state index in [0.717, 1.165) is 30.1 Å². The molecule has 4 heteroatoms. The molecular weight excluding hydrogens is 224 g/mol. The van der Waals surface area contributed by atoms with Crippen LogP contribution < -0.4 is 5.73 Å². The summed E-state index contributed by atoms with van der Waals surface area (Å²) in [7, 11) is 0. The largest absolute Gasteiger partial charge is 0.441 e. The molecule has 0 fully saturated rings. The monoisotopic (exact) mass is 236 g/mol. The molecule has 0 bridgehead atoms. The number of aryl methyl sites for hydroxylation is 1. The van der Waals surface area contributed by atoms with Crippen LogP contribution in [0.5, 0.6) is 0 Å². The molecule has 1 aromatic carbocycles. The van der Waals surface area contributed by atoms with Crippen molar-refractivity contribution >= 4 is 11.6 Å². The van der Waals surface area contributed by atoms with Crippen molar-refractivity contribution in [2.24, 2.45) is 5.73 Å². The number of hydrogen-bond acceptors (Lipinski definition) is 3. The molecule has 0 radical (unpaired) electrons. The molecule has 0 aliphatic heterocycles. The Morgan fingerprint density at radius 3 is 2.69 bits per heavy atom. The van der Waals surface area contributed by atoms with Crippen molar-refractivity contribution < 1.29 is 4.42 Å². The van der Waals surface area contributed by atoms with Crippen LogP contribution in [0.4, 0.5) is 0 Å². The van der Waals surface area contributed by atoms with E-state index < -0.39 is 0 Å². The molecule has 0 atom stereocenters. The predicted molar refractivity (Wildman–Crippen MR) is 64.3 cm³/mol. The quantitative estimate of drug-likeness (QED) is 0.888. The van der Waals surface area contributed by atoms with Gasteiger partial charge < -0.3 is 10.2 Å². The molecule has 0 aliphatic rings. The Morgan fingerprint density at radius 1 is 1.25 bits per heavy atom. The molecule has 2 N–H and O–H groups in total. The third-order valence-electron chi connectivity index (χ3n) is 2.28. The van der Waals surface area contributed by atoms with E-state index >= 15 is 0 Å². The minimum absolute atomic E-state index is 0.651. The van der Waals surface area contributed by atoms with Gasteiger partial charge in [0.1, 0.15) is 0 Å². The Labute approximate surface area is 99.2 Å². The Hall–Kier alpha value is -1.32. The summed E-state index contributed by atoms with van der Waals surface area (Å²) in [5, 5.41) is 0.714. The van der Waals surface area contributed by atoms with E-state index in [-0.39, 0.29) is 0 Å². The van der Waals surface area contributed by atoms with Gasteiger partial charge in [-0.25, -0.2) is 4.98 Å². The first-order valence-electron chi connectivity index (χ1n) is 5.20. The smallest absolute Gasteiger partial charge is 0.194 e. The summed E-state index contributed by atoms with van der Waals surface area (Å²) in [4.78, 5) is 4.20. The van der Waals surface area contributed by atoms with Gasteiger partial charge in [0.2, 0.25) is 0 Å². The maximum atomic E-state index is 5.81. The fourth-order valence-electron chi connectivity index (χ4n) is 1.43. The standard InChI is InChI=1S/C12H13ClN2O/c13-10-5-3-9(4-6-10)11-8-15-12(16-11)2-1-7-14/h3-6,8H,1-2,7,14H2. The Bertz CT molecular complexity index is 450. The summed E-state index contributed by atoms with van der Waals surface area (Å²) >= 11 is 5.81. The number of nitrogens with zero attached hydrogens (tertiary/aromatic N) is 1. The van der Waals surface area contributed by atoms with Crippen molar-refractivity contribution in [3.8, 4) is 11.3 Å². The third kappa shape index (κ3) is 2.62. The van der Waals surface area contributed by atoms with Gasteiger partial charge in [-0.1, -0.05) is 11.6 Å². The second-order valence-electron chi connectivity index (χ2n) is 3.52. The minimum Gasteiger partial charge on any atom is -0.441 e. The van der Waals surface area contributed by atoms with Crippen LogP contribution >= 0.6 is 11.6 Å². The molecule has 0 amide bonds. The fourth-order valence-corrected chi connectivity index (χ4v) is 1.55. The summed E-state index contributed by atoms with van der Waals surface area (Å²) in [6.07, 6.45) is 3.40. The molecule has 0 spiro atoms. The zero-order valence-electron chi connectivity index (χ0n) is 8.82. The van der Waals surface area contributed by atoms with Gasteiger partial charge in [0.15, 0.2) is 11.7 Å². The summed E-state index contributed by atoms with van der Waals surface area (Å²) in [6.45, 7) is 0.651. The van der Waals surface area contributed by atoms with E-state index in [1.54, 1.807) is 6.20 Å². The summed E-state index contributed by atoms with van der Waals surface area (Å²) in [5.74, 6) is 1.50. The highest BCUT2D eigenvalue weighted by Gasteiger charge is 2.05. The first-order valence-corrected chi connectivity index (χ1v) is 5.58. The summed E-state index contributed by atoms with van der Waals surface area (Å²) < 4.78 is 5.60. The van der Waals surface area contributed by atoms with Gasteiger partial charge in [-0.2, -0.15) is 0 Å². The average Bonchev–Trinajstić information content (AvgIpc) is 2.76. The number of oxazole rings is 1. The van der Waals surface area contributed by atoms with Crippen molar-refractivity contribution in [1.82, 2.24) is 4.98 Å². The highest BCUT2D eigenvalue weighted by atomic mass is 35.5. The van der Waals surface area contributed by atoms with E-state index in [1.165, 1.54) is 0 Å². The van der Waals surface area contributed by atoms with Crippen LogP contribution in [0, 0.1) is 0 Å². The number of benzene rings is 1. The highest BCUT2D eigenvalue weighted by molar-refractivity contribution is 6.30. The number of aromatic nitrogens is 1. The molecule has 1 aromatic heterocycles. The lowest BCUT2D eigenvalue weighted by molar-refractivity contribution is 0.499. The molecule has 0 saturated heterocycles. The molecule has 16 heavy (non-hydrogen) atoms. The van der Waals surface area contributed by atoms with Crippen LogP contribution in [0.2, 0.25) is 5.02 Å². The zero-order valence-corrected chi connectivity index (χ0v) is 9.57. The van der Waals surface area contributed by atoms with E-state index in [4.69, 9.17) is 21.8 Å². The predicted octanol–water partition coefficient (Wildman–Crippen LogP) is 2.89. The first-order chi connectivity index (χ1) is 7.79. The minimum atomic E-state index is 0.651. The zero-order chi connectivity index (χ0) is 11.4. The number of halogens is 1. The van der Waals surface area contributed by atoms with Crippen molar-refractivity contribution in [3.63, 3.8) is 0 Å². The van der Waals surface area contributed by atoms with Gasteiger partial charge in [-0.15, -0.1) is 0 Å². The van der Waals surface area contributed by atoms with Gasteiger partial charge in [0, 0.05) is 17.0 Å². The molecular formula is C12H13ClN2O. The summed E-state index contributed by atoms with van der Waals surface area (Å²) in [5.41, 5.74) is 6.41. The number of hydrogen-bond donors (Lipinski definition) is 1. The summed E-state index contributed by atoms with van der Waals surface area (Å²) in [6, 6.07) is 7.49. The van der Waals surface area contributed by atoms with Gasteiger partial charge in [0.25, 0.3) is 0 Å². The number of nitrogens with two attached hydrogens (primary N) is 1. The van der Waals surface area contributed by atoms with E-state index in [1.807, 2.05) is 24.3 Å². The molecule has 0 aliphatic carbocycles. The maximum Gasteiger partial charge on any atom is 0.194 e. The average molecular weight is 237 g/mol. The van der Waals surface area contributed by atoms with Crippen LogP contribution in [0.3, 0.4) is 0 Å². The lowest BCUT2D eigenvalue weighted by Crippen LogP contribution is -2.00. The van der Waals surface area contributed by atoms with Gasteiger partial charge in [-0.05, 0) is 37.2 Å². The second kappa shape index (κ2) is 5.14. The van der Waals surface area contributed by atoms with Gasteiger partial charge in [0.05, 0.1) is 6.20 Å². The molecule has 3 nitrogen and oxygen atoms in total. The molecule has 0 saturated carbocycles. The van der Waals surface area contributed by atoms with Crippen LogP contribution in [0.15, 0.2) is 34.9 Å². The Balaban J connectivity index is 2.15. The van der Waals surface area contributed by atoms with E-state index in [0.29, 0.717) is 11.6 Å². The molecule has 84 valence electrons. The van der Waals surface area contributed by atoms with Crippen molar-refractivity contribution in [2.45, 2.75) is 12.8 Å². The van der Waals surface area contributed by atoms with Crippen molar-refractivity contribution in [3.05, 3.63) is 41.4 Å². The molecule has 2 aromatic rings. The number of rotatable bonds is 4. The maximum absolute atomic E-state index is 5.81. The lowest BCUT2D eigenvalue weighted by Gasteiger charge is -1.96. The van der Waals surface area contributed by atoms with Gasteiger partial charge >= 0.3 is 0 Å². The molecule has 2 rings (SSSR count). The Kier molecular flexibility index (Phi) is 3.59. The highest BCUT2D eigenvalue weighted by Crippen LogP contribution is 2.22. The van der Waals surface area contributed by atoms with E-state index in [2.05, 4.69) is 4.98 Å². The topological polar surface area (TPSA) is 52.0 Å². The normalized spacial score (nSPS) is 10.6. The van der Waals surface area contributed by atoms with E-state index in [9.17, 15) is 0 Å².